The van der Waals surface area contributed by atoms with E-state index in [0.717, 1.165) is 50.0 Å². The summed E-state index contributed by atoms with van der Waals surface area (Å²) < 4.78 is 28.4. The lowest BCUT2D eigenvalue weighted by Crippen LogP contribution is -2.53. The van der Waals surface area contributed by atoms with Crippen molar-refractivity contribution >= 4 is 5.97 Å². The number of rotatable bonds is 14. The van der Waals surface area contributed by atoms with Crippen LogP contribution >= 0.6 is 0 Å². The Morgan fingerprint density at radius 1 is 0.919 bits per heavy atom. The number of hydrogen-bond donors (Lipinski definition) is 1. The third kappa shape index (κ3) is 7.08. The number of hydrogen-bond acceptors (Lipinski definition) is 7. The Kier molecular flexibility index (Phi) is 10.5. The summed E-state index contributed by atoms with van der Waals surface area (Å²) in [5, 5.41) is 8.91. The van der Waals surface area contributed by atoms with E-state index in [9.17, 15) is 4.79 Å². The minimum absolute atomic E-state index is 0.0963. The summed E-state index contributed by atoms with van der Waals surface area (Å²) in [6.07, 6.45) is 4.35. The van der Waals surface area contributed by atoms with Crippen molar-refractivity contribution in [3.05, 3.63) is 47.0 Å². The van der Waals surface area contributed by atoms with Crippen LogP contribution in [0.1, 0.15) is 48.4 Å². The third-order valence-electron chi connectivity index (χ3n) is 7.42. The average Bonchev–Trinajstić information content (AvgIpc) is 2.92. The zero-order valence-electron chi connectivity index (χ0n) is 22.9. The summed E-state index contributed by atoms with van der Waals surface area (Å²) in [5.41, 5.74) is 3.57. The topological polar surface area (TPSA) is 83.5 Å². The van der Waals surface area contributed by atoms with Gasteiger partial charge in [0.15, 0.2) is 23.0 Å². The lowest BCUT2D eigenvalue weighted by atomic mass is 9.86. The van der Waals surface area contributed by atoms with E-state index in [4.69, 9.17) is 28.8 Å². The first-order valence-corrected chi connectivity index (χ1v) is 13.0. The first-order chi connectivity index (χ1) is 17.9. The number of benzene rings is 2. The molecule has 0 radical (unpaired) electrons. The van der Waals surface area contributed by atoms with E-state index >= 15 is 0 Å². The van der Waals surface area contributed by atoms with Crippen LogP contribution in [-0.4, -0.2) is 77.3 Å². The molecule has 8 heteroatoms. The smallest absolute Gasteiger partial charge is 0.311 e. The zero-order valence-corrected chi connectivity index (χ0v) is 22.9. The largest absolute Gasteiger partial charge is 0.493 e. The molecule has 2 aromatic carbocycles. The second-order valence-corrected chi connectivity index (χ2v) is 9.75. The molecule has 0 saturated carbocycles. The van der Waals surface area contributed by atoms with Crippen molar-refractivity contribution in [1.82, 2.24) is 0 Å². The van der Waals surface area contributed by atoms with Crippen molar-refractivity contribution in [2.45, 2.75) is 44.6 Å². The molecule has 1 aliphatic rings. The van der Waals surface area contributed by atoms with Crippen molar-refractivity contribution in [3.63, 3.8) is 0 Å². The number of aliphatic hydroxyl groups is 1. The van der Waals surface area contributed by atoms with E-state index in [0.29, 0.717) is 41.3 Å². The molecule has 2 atom stereocenters. The van der Waals surface area contributed by atoms with Gasteiger partial charge in [-0.25, -0.2) is 0 Å². The van der Waals surface area contributed by atoms with Crippen molar-refractivity contribution in [1.29, 1.82) is 0 Å². The van der Waals surface area contributed by atoms with Gasteiger partial charge in [0, 0.05) is 25.0 Å². The zero-order chi connectivity index (χ0) is 26.8. The number of esters is 1. The molecule has 2 aromatic rings. The summed E-state index contributed by atoms with van der Waals surface area (Å²) in [6.45, 7) is 2.13. The van der Waals surface area contributed by atoms with Crippen molar-refractivity contribution < 1.29 is 38.1 Å². The SMILES string of the molecule is COc1ccc(CC2c3cc(OC)c(OC)cc3CC[N+]2(C)CCC(=O)OCCCCCO)cc1OC. The van der Waals surface area contributed by atoms with Crippen LogP contribution in [0, 0.1) is 0 Å². The second kappa shape index (κ2) is 13.5. The lowest BCUT2D eigenvalue weighted by molar-refractivity contribution is -0.940. The minimum Gasteiger partial charge on any atom is -0.493 e. The molecule has 0 fully saturated rings. The number of carbonyl (C=O) groups is 1. The fourth-order valence-corrected chi connectivity index (χ4v) is 5.16. The van der Waals surface area contributed by atoms with E-state index < -0.39 is 0 Å². The number of methoxy groups -OCH3 is 4. The molecule has 0 spiro atoms. The van der Waals surface area contributed by atoms with Crippen molar-refractivity contribution in [2.24, 2.45) is 0 Å². The maximum Gasteiger partial charge on any atom is 0.311 e. The Morgan fingerprint density at radius 2 is 1.59 bits per heavy atom. The summed E-state index contributed by atoms with van der Waals surface area (Å²) in [6, 6.07) is 10.3. The number of nitrogens with zero attached hydrogens (tertiary/aromatic N) is 1. The summed E-state index contributed by atoms with van der Waals surface area (Å²) in [5.74, 6) is 2.65. The van der Waals surface area contributed by atoms with E-state index in [1.807, 2.05) is 12.1 Å². The Labute approximate surface area is 220 Å². The van der Waals surface area contributed by atoms with E-state index in [-0.39, 0.29) is 18.6 Å². The number of aliphatic hydroxyl groups excluding tert-OH is 1. The maximum atomic E-state index is 12.6. The van der Waals surface area contributed by atoms with E-state index in [1.54, 1.807) is 28.4 Å². The lowest BCUT2D eigenvalue weighted by Gasteiger charge is -2.46. The Bertz CT molecular complexity index is 1040. The molecule has 1 heterocycles. The molecule has 3 rings (SSSR count). The minimum atomic E-state index is -0.175. The molecule has 8 nitrogen and oxygen atoms in total. The first kappa shape index (κ1) is 28.6. The molecule has 0 bridgehead atoms. The highest BCUT2D eigenvalue weighted by Crippen LogP contribution is 2.43. The molecule has 204 valence electrons. The molecule has 0 saturated heterocycles. The number of fused-ring (bicyclic) bond motifs is 1. The molecular formula is C29H42NO7+. The monoisotopic (exact) mass is 516 g/mol. The molecule has 1 aliphatic heterocycles. The summed E-state index contributed by atoms with van der Waals surface area (Å²) in [4.78, 5) is 12.6. The van der Waals surface area contributed by atoms with Gasteiger partial charge in [-0.05, 0) is 54.7 Å². The number of unbranched alkanes of at least 4 members (excludes halogenated alkanes) is 2. The van der Waals surface area contributed by atoms with Crippen molar-refractivity contribution in [2.75, 3.05) is 61.8 Å². The normalized spacial score (nSPS) is 18.6. The Balaban J connectivity index is 1.87. The maximum absolute atomic E-state index is 12.6. The van der Waals surface area contributed by atoms with Gasteiger partial charge in [0.05, 0.1) is 61.6 Å². The van der Waals surface area contributed by atoms with Crippen LogP contribution in [0.3, 0.4) is 0 Å². The Hall–Kier alpha value is -2.97. The third-order valence-corrected chi connectivity index (χ3v) is 7.42. The highest BCUT2D eigenvalue weighted by Gasteiger charge is 2.40. The number of ether oxygens (including phenoxy) is 5. The first-order valence-electron chi connectivity index (χ1n) is 13.0. The predicted molar refractivity (Wildman–Crippen MR) is 142 cm³/mol. The molecule has 0 aliphatic carbocycles. The molecule has 37 heavy (non-hydrogen) atoms. The highest BCUT2D eigenvalue weighted by atomic mass is 16.5. The molecule has 1 N–H and O–H groups in total. The second-order valence-electron chi connectivity index (χ2n) is 9.75. The van der Waals surface area contributed by atoms with Gasteiger partial charge >= 0.3 is 5.97 Å². The van der Waals surface area contributed by atoms with Crippen LogP contribution in [0.25, 0.3) is 0 Å². The average molecular weight is 517 g/mol. The van der Waals surface area contributed by atoms with Crippen LogP contribution in [-0.2, 0) is 22.4 Å². The van der Waals surface area contributed by atoms with Crippen LogP contribution in [0.5, 0.6) is 23.0 Å². The van der Waals surface area contributed by atoms with Crippen LogP contribution in [0.15, 0.2) is 30.3 Å². The predicted octanol–water partition coefficient (Wildman–Crippen LogP) is 4.10. The standard InChI is InChI=1S/C29H42NO7/c1-30(14-12-29(32)37-16-8-6-7-15-31)13-11-22-19-27(35-4)28(36-5)20-23(22)24(30)17-21-9-10-25(33-2)26(18-21)34-3/h9-10,18-20,24,31H,6-8,11-17H2,1-5H3/q+1. The van der Waals surface area contributed by atoms with Crippen LogP contribution in [0.4, 0.5) is 0 Å². The van der Waals surface area contributed by atoms with E-state index in [1.165, 1.54) is 11.1 Å². The fourth-order valence-electron chi connectivity index (χ4n) is 5.16. The van der Waals surface area contributed by atoms with Crippen LogP contribution in [0.2, 0.25) is 0 Å². The molecule has 0 amide bonds. The van der Waals surface area contributed by atoms with E-state index in [2.05, 4.69) is 25.2 Å². The van der Waals surface area contributed by atoms with Gasteiger partial charge in [0.1, 0.15) is 6.04 Å². The van der Waals surface area contributed by atoms with Gasteiger partial charge < -0.3 is 33.3 Å². The number of likely N-dealkylation sites (N-methyl/N-ethyl adjacent to an activating group) is 1. The quantitative estimate of drug-likeness (QED) is 0.230. The summed E-state index contributed by atoms with van der Waals surface area (Å²) in [7, 11) is 8.81. The summed E-state index contributed by atoms with van der Waals surface area (Å²) >= 11 is 0. The fraction of sp³-hybridized carbons (Fsp3) is 0.552. The Morgan fingerprint density at radius 3 is 2.27 bits per heavy atom. The van der Waals surface area contributed by atoms with Gasteiger partial charge in [0.25, 0.3) is 0 Å². The van der Waals surface area contributed by atoms with Crippen molar-refractivity contribution in [3.8, 4) is 23.0 Å². The van der Waals surface area contributed by atoms with Gasteiger partial charge in [0.2, 0.25) is 0 Å². The highest BCUT2D eigenvalue weighted by molar-refractivity contribution is 5.69. The number of carbonyl (C=O) groups excluding carboxylic acids is 1. The van der Waals surface area contributed by atoms with Crippen LogP contribution < -0.4 is 18.9 Å². The van der Waals surface area contributed by atoms with Gasteiger partial charge in [-0.3, -0.25) is 4.79 Å². The molecule has 0 aromatic heterocycles. The van der Waals surface area contributed by atoms with Gasteiger partial charge in [-0.2, -0.15) is 0 Å². The van der Waals surface area contributed by atoms with Gasteiger partial charge in [-0.15, -0.1) is 0 Å². The molecular weight excluding hydrogens is 474 g/mol. The number of quaternary nitrogens is 1. The van der Waals surface area contributed by atoms with Gasteiger partial charge in [-0.1, -0.05) is 6.07 Å². The molecule has 2 unspecified atom stereocenters.